The molecule has 0 spiro atoms. The second kappa shape index (κ2) is 9.17. The number of morpholine rings is 1. The van der Waals surface area contributed by atoms with Gasteiger partial charge in [-0.05, 0) is 35.9 Å². The van der Waals surface area contributed by atoms with E-state index in [1.807, 2.05) is 43.3 Å². The van der Waals surface area contributed by atoms with E-state index in [4.69, 9.17) is 4.74 Å². The molecule has 0 aromatic heterocycles. The molecule has 1 fully saturated rings. The third-order valence-electron chi connectivity index (χ3n) is 4.93. The van der Waals surface area contributed by atoms with Crippen LogP contribution in [0.15, 0.2) is 47.4 Å². The molecule has 1 N–H and O–H groups in total. The molecule has 0 saturated carbocycles. The number of hydrogen-bond acceptors (Lipinski definition) is 5. The monoisotopic (exact) mass is 425 g/mol. The van der Waals surface area contributed by atoms with Gasteiger partial charge in [0.15, 0.2) is 0 Å². The number of benzene rings is 2. The van der Waals surface area contributed by atoms with Crippen molar-refractivity contribution >= 4 is 15.7 Å². The highest BCUT2D eigenvalue weighted by atomic mass is 32.2. The van der Waals surface area contributed by atoms with Gasteiger partial charge in [-0.3, -0.25) is 4.90 Å². The van der Waals surface area contributed by atoms with Gasteiger partial charge in [0.05, 0.1) is 13.2 Å². The third kappa shape index (κ3) is 5.30. The van der Waals surface area contributed by atoms with E-state index in [-0.39, 0.29) is 12.6 Å². The van der Waals surface area contributed by atoms with Crippen molar-refractivity contribution in [2.24, 2.45) is 0 Å². The van der Waals surface area contributed by atoms with E-state index in [2.05, 4.69) is 9.62 Å². The SMILES string of the molecule is CN(C)c1ccc([C@@H](CNS(=O)(=O)c2cc(F)ccc2F)N2CCOCC2)cc1. The largest absolute Gasteiger partial charge is 0.379 e. The Morgan fingerprint density at radius 2 is 1.76 bits per heavy atom. The lowest BCUT2D eigenvalue weighted by atomic mass is 10.0. The van der Waals surface area contributed by atoms with Gasteiger partial charge in [-0.15, -0.1) is 0 Å². The molecule has 1 saturated heterocycles. The van der Waals surface area contributed by atoms with Crippen LogP contribution in [0.25, 0.3) is 0 Å². The average Bonchev–Trinajstić information content (AvgIpc) is 2.71. The summed E-state index contributed by atoms with van der Waals surface area (Å²) in [6, 6.07) is 9.95. The topological polar surface area (TPSA) is 61.9 Å². The summed E-state index contributed by atoms with van der Waals surface area (Å²) >= 11 is 0. The lowest BCUT2D eigenvalue weighted by Gasteiger charge is -2.35. The zero-order valence-corrected chi connectivity index (χ0v) is 17.3. The smallest absolute Gasteiger partial charge is 0.243 e. The molecule has 1 atom stereocenters. The molecule has 3 rings (SSSR count). The van der Waals surface area contributed by atoms with Crippen molar-refractivity contribution in [2.75, 3.05) is 51.8 Å². The summed E-state index contributed by atoms with van der Waals surface area (Å²) < 4.78 is 60.5. The number of hydrogen-bond donors (Lipinski definition) is 1. The van der Waals surface area contributed by atoms with Crippen LogP contribution < -0.4 is 9.62 Å². The highest BCUT2D eigenvalue weighted by Crippen LogP contribution is 2.25. The summed E-state index contributed by atoms with van der Waals surface area (Å²) in [5, 5.41) is 0. The molecule has 2 aromatic rings. The minimum absolute atomic E-state index is 0.0274. The molecule has 0 unspecified atom stereocenters. The minimum atomic E-state index is -4.21. The van der Waals surface area contributed by atoms with Crippen LogP contribution in [0.4, 0.5) is 14.5 Å². The van der Waals surface area contributed by atoms with Crippen LogP contribution in [0.5, 0.6) is 0 Å². The fourth-order valence-electron chi connectivity index (χ4n) is 3.29. The number of nitrogens with zero attached hydrogens (tertiary/aromatic N) is 2. The third-order valence-corrected chi connectivity index (χ3v) is 6.37. The normalized spacial score (nSPS) is 16.6. The van der Waals surface area contributed by atoms with Gasteiger partial charge < -0.3 is 9.64 Å². The average molecular weight is 426 g/mol. The number of ether oxygens (including phenoxy) is 1. The summed E-state index contributed by atoms with van der Waals surface area (Å²) in [6.07, 6.45) is 0. The molecular formula is C20H25F2N3O3S. The molecule has 2 aromatic carbocycles. The Morgan fingerprint density at radius 3 is 2.38 bits per heavy atom. The zero-order valence-electron chi connectivity index (χ0n) is 16.4. The molecule has 29 heavy (non-hydrogen) atoms. The first-order valence-corrected chi connectivity index (χ1v) is 10.8. The van der Waals surface area contributed by atoms with E-state index in [1.165, 1.54) is 0 Å². The molecular weight excluding hydrogens is 400 g/mol. The van der Waals surface area contributed by atoms with Crippen LogP contribution in [0, 0.1) is 11.6 Å². The predicted molar refractivity (Wildman–Crippen MR) is 107 cm³/mol. The highest BCUT2D eigenvalue weighted by Gasteiger charge is 2.26. The van der Waals surface area contributed by atoms with Crippen LogP contribution in [0.1, 0.15) is 11.6 Å². The number of sulfonamides is 1. The number of rotatable bonds is 7. The molecule has 6 nitrogen and oxygen atoms in total. The van der Waals surface area contributed by atoms with Crippen molar-refractivity contribution in [2.45, 2.75) is 10.9 Å². The van der Waals surface area contributed by atoms with Crippen LogP contribution in [-0.2, 0) is 14.8 Å². The molecule has 158 valence electrons. The van der Waals surface area contributed by atoms with Crippen LogP contribution in [0.2, 0.25) is 0 Å². The van der Waals surface area contributed by atoms with E-state index in [0.29, 0.717) is 32.4 Å². The molecule has 0 radical (unpaired) electrons. The highest BCUT2D eigenvalue weighted by molar-refractivity contribution is 7.89. The standard InChI is InChI=1S/C20H25F2N3O3S/c1-24(2)17-6-3-15(4-7-17)19(25-9-11-28-12-10-25)14-23-29(26,27)20-13-16(21)5-8-18(20)22/h3-8,13,19,23H,9-12,14H2,1-2H3/t19-/m1/s1. The van der Waals surface area contributed by atoms with Crippen LogP contribution in [0.3, 0.4) is 0 Å². The fraction of sp³-hybridized carbons (Fsp3) is 0.400. The van der Waals surface area contributed by atoms with E-state index in [1.54, 1.807) is 0 Å². The summed E-state index contributed by atoms with van der Waals surface area (Å²) in [5.41, 5.74) is 1.96. The van der Waals surface area contributed by atoms with Crippen LogP contribution >= 0.6 is 0 Å². The minimum Gasteiger partial charge on any atom is -0.379 e. The van der Waals surface area contributed by atoms with E-state index in [0.717, 1.165) is 23.4 Å². The molecule has 1 aliphatic rings. The molecule has 0 aliphatic carbocycles. The van der Waals surface area contributed by atoms with Crippen molar-refractivity contribution in [1.82, 2.24) is 9.62 Å². The summed E-state index contributed by atoms with van der Waals surface area (Å²) in [4.78, 5) is 3.41. The second-order valence-corrected chi connectivity index (χ2v) is 8.81. The first kappa shape index (κ1) is 21.6. The van der Waals surface area contributed by atoms with Gasteiger partial charge in [0, 0.05) is 45.5 Å². The Balaban J connectivity index is 1.84. The van der Waals surface area contributed by atoms with Crippen molar-refractivity contribution < 1.29 is 21.9 Å². The summed E-state index contributed by atoms with van der Waals surface area (Å²) in [5.74, 6) is -1.80. The Morgan fingerprint density at radius 1 is 1.10 bits per heavy atom. The van der Waals surface area contributed by atoms with Gasteiger partial charge >= 0.3 is 0 Å². The molecule has 9 heteroatoms. The second-order valence-electron chi connectivity index (χ2n) is 7.08. The Hall–Kier alpha value is -2.07. The van der Waals surface area contributed by atoms with E-state index in [9.17, 15) is 17.2 Å². The van der Waals surface area contributed by atoms with Gasteiger partial charge in [0.2, 0.25) is 10.0 Å². The number of halogens is 2. The van der Waals surface area contributed by atoms with E-state index >= 15 is 0 Å². The number of nitrogens with one attached hydrogen (secondary N) is 1. The first-order valence-electron chi connectivity index (χ1n) is 9.32. The molecule has 0 amide bonds. The zero-order chi connectivity index (χ0) is 21.0. The lowest BCUT2D eigenvalue weighted by Crippen LogP contribution is -2.43. The predicted octanol–water partition coefficient (Wildman–Crippen LogP) is 2.38. The van der Waals surface area contributed by atoms with Crippen molar-refractivity contribution in [3.63, 3.8) is 0 Å². The van der Waals surface area contributed by atoms with Crippen LogP contribution in [-0.4, -0.2) is 60.3 Å². The molecule has 1 heterocycles. The first-order chi connectivity index (χ1) is 13.8. The Labute approximate surface area is 170 Å². The molecule has 0 bridgehead atoms. The van der Waals surface area contributed by atoms with Crippen molar-refractivity contribution in [3.8, 4) is 0 Å². The number of anilines is 1. The maximum absolute atomic E-state index is 14.0. The van der Waals surface area contributed by atoms with Crippen molar-refractivity contribution in [1.29, 1.82) is 0 Å². The van der Waals surface area contributed by atoms with Gasteiger partial charge in [-0.1, -0.05) is 12.1 Å². The van der Waals surface area contributed by atoms with Gasteiger partial charge in [-0.2, -0.15) is 0 Å². The summed E-state index contributed by atoms with van der Waals surface area (Å²) in [6.45, 7) is 2.43. The quantitative estimate of drug-likeness (QED) is 0.738. The Bertz CT molecular complexity index is 930. The lowest BCUT2D eigenvalue weighted by molar-refractivity contribution is 0.0172. The molecule has 1 aliphatic heterocycles. The van der Waals surface area contributed by atoms with Gasteiger partial charge in [-0.25, -0.2) is 21.9 Å². The Kier molecular flexibility index (Phi) is 6.84. The summed E-state index contributed by atoms with van der Waals surface area (Å²) in [7, 11) is -0.327. The van der Waals surface area contributed by atoms with E-state index < -0.39 is 26.6 Å². The maximum atomic E-state index is 14.0. The van der Waals surface area contributed by atoms with Gasteiger partial charge in [0.1, 0.15) is 16.5 Å². The fourth-order valence-corrected chi connectivity index (χ4v) is 4.42. The van der Waals surface area contributed by atoms with Gasteiger partial charge in [0.25, 0.3) is 0 Å². The maximum Gasteiger partial charge on any atom is 0.243 e. The van der Waals surface area contributed by atoms with Crippen molar-refractivity contribution in [3.05, 3.63) is 59.7 Å².